The molecule has 0 aliphatic rings. The lowest BCUT2D eigenvalue weighted by Crippen LogP contribution is -1.95. The van der Waals surface area contributed by atoms with E-state index in [1.807, 2.05) is 34.2 Å². The molecule has 0 N–H and O–H groups in total. The van der Waals surface area contributed by atoms with Crippen LogP contribution in [-0.2, 0) is 12.8 Å². The molecule has 2 nitrogen and oxygen atoms in total. The van der Waals surface area contributed by atoms with Crippen molar-refractivity contribution in [1.29, 1.82) is 10.5 Å². The minimum atomic E-state index is 0.710. The first-order chi connectivity index (χ1) is 22.1. The van der Waals surface area contributed by atoms with Gasteiger partial charge in [-0.05, 0) is 117 Å². The minimum Gasteiger partial charge on any atom is -0.192 e. The summed E-state index contributed by atoms with van der Waals surface area (Å²) in [5.74, 6) is 0. The summed E-state index contributed by atoms with van der Waals surface area (Å²) in [5, 5.41) is 32.6. The van der Waals surface area contributed by atoms with Gasteiger partial charge in [0.2, 0.25) is 0 Å². The van der Waals surface area contributed by atoms with E-state index in [0.717, 1.165) is 35.1 Å². The zero-order valence-corrected chi connectivity index (χ0v) is 30.0. The Hall–Kier alpha value is -3.04. The van der Waals surface area contributed by atoms with Gasteiger partial charge in [0.25, 0.3) is 0 Å². The van der Waals surface area contributed by atoms with E-state index >= 15 is 0 Å². The number of hydrogen-bond acceptors (Lipinski definition) is 7. The Morgan fingerprint density at radius 2 is 1.11 bits per heavy atom. The van der Waals surface area contributed by atoms with Gasteiger partial charge in [0.15, 0.2) is 0 Å². The lowest BCUT2D eigenvalue weighted by Gasteiger charge is -2.09. The van der Waals surface area contributed by atoms with Crippen LogP contribution in [0.15, 0.2) is 56.5 Å². The molecule has 5 aromatic heterocycles. The van der Waals surface area contributed by atoms with Gasteiger partial charge in [-0.1, -0.05) is 52.4 Å². The van der Waals surface area contributed by atoms with Crippen molar-refractivity contribution in [2.75, 3.05) is 0 Å². The molecule has 5 rings (SSSR count). The summed E-state index contributed by atoms with van der Waals surface area (Å²) >= 11 is 8.73. The lowest BCUT2D eigenvalue weighted by molar-refractivity contribution is 0.653. The van der Waals surface area contributed by atoms with Crippen molar-refractivity contribution in [2.24, 2.45) is 0 Å². The van der Waals surface area contributed by atoms with E-state index < -0.39 is 0 Å². The first-order valence-electron chi connectivity index (χ1n) is 15.8. The zero-order valence-electron chi connectivity index (χ0n) is 25.9. The summed E-state index contributed by atoms with van der Waals surface area (Å²) in [6.07, 6.45) is 16.0. The van der Waals surface area contributed by atoms with Crippen LogP contribution >= 0.6 is 56.7 Å². The summed E-state index contributed by atoms with van der Waals surface area (Å²) < 4.78 is 0. The maximum Gasteiger partial charge on any atom is 0.0998 e. The fraction of sp³-hybridized carbons (Fsp3) is 0.316. The Balaban J connectivity index is 1.57. The van der Waals surface area contributed by atoms with Crippen LogP contribution in [0.3, 0.4) is 0 Å². The summed E-state index contributed by atoms with van der Waals surface area (Å²) in [6.45, 7) is 4.54. The standard InChI is InChI=1S/C38H38N2S5/c1-3-5-7-9-11-33-34(12-10-8-6-4-2)38(36-20-32(26-44-36)30(22-40)18-28-14-16-42-24-28)45-37(33)35-19-31(25-43-35)29(21-39)17-27-13-15-41-23-27/h13-20,23-26H,3-12H2,1-2H3/b29-17-,30-18-. The highest BCUT2D eigenvalue weighted by molar-refractivity contribution is 7.26. The Morgan fingerprint density at radius 1 is 0.644 bits per heavy atom. The molecule has 45 heavy (non-hydrogen) atoms. The molecule has 0 saturated carbocycles. The number of nitrogens with zero attached hydrogens (tertiary/aromatic N) is 2. The predicted octanol–water partition coefficient (Wildman–Crippen LogP) is 13.7. The first-order valence-corrected chi connectivity index (χ1v) is 20.2. The van der Waals surface area contributed by atoms with Crippen LogP contribution in [0.4, 0.5) is 0 Å². The molecule has 7 heteroatoms. The summed E-state index contributed by atoms with van der Waals surface area (Å²) in [4.78, 5) is 5.22. The van der Waals surface area contributed by atoms with E-state index in [4.69, 9.17) is 0 Å². The molecule has 5 heterocycles. The largest absolute Gasteiger partial charge is 0.192 e. The second kappa shape index (κ2) is 17.0. The van der Waals surface area contributed by atoms with Gasteiger partial charge in [-0.2, -0.15) is 33.2 Å². The average molecular weight is 683 g/mol. The molecule has 0 spiro atoms. The molecule has 0 amide bonds. The highest BCUT2D eigenvalue weighted by atomic mass is 32.1. The van der Waals surface area contributed by atoms with Gasteiger partial charge in [-0.15, -0.1) is 34.0 Å². The normalized spacial score (nSPS) is 12.0. The van der Waals surface area contributed by atoms with Crippen molar-refractivity contribution in [2.45, 2.75) is 78.1 Å². The molecule has 0 bridgehead atoms. The maximum absolute atomic E-state index is 10.0. The Kier molecular flexibility index (Phi) is 12.6. The van der Waals surface area contributed by atoms with Gasteiger partial charge in [-0.3, -0.25) is 0 Å². The van der Waals surface area contributed by atoms with E-state index in [1.54, 1.807) is 45.3 Å². The van der Waals surface area contributed by atoms with Gasteiger partial charge in [0, 0.05) is 30.6 Å². The quantitative estimate of drug-likeness (QED) is 0.0768. The Bertz CT molecular complexity index is 1660. The third-order valence-corrected chi connectivity index (χ3v) is 12.8. The van der Waals surface area contributed by atoms with Crippen LogP contribution in [-0.4, -0.2) is 0 Å². The summed E-state index contributed by atoms with van der Waals surface area (Å²) in [6, 6.07) is 13.5. The number of rotatable bonds is 16. The third-order valence-electron chi connectivity index (χ3n) is 7.90. The predicted molar refractivity (Wildman–Crippen MR) is 202 cm³/mol. The molecule has 0 saturated heterocycles. The number of allylic oxidation sites excluding steroid dienone is 2. The third kappa shape index (κ3) is 8.61. The van der Waals surface area contributed by atoms with Crippen LogP contribution < -0.4 is 0 Å². The van der Waals surface area contributed by atoms with Gasteiger partial charge in [0.1, 0.15) is 0 Å². The van der Waals surface area contributed by atoms with Crippen LogP contribution in [0.2, 0.25) is 0 Å². The van der Waals surface area contributed by atoms with Crippen LogP contribution in [0.1, 0.15) is 98.6 Å². The van der Waals surface area contributed by atoms with E-state index in [0.29, 0.717) is 11.1 Å². The molecule has 0 aromatic carbocycles. The Morgan fingerprint density at radius 3 is 1.49 bits per heavy atom. The summed E-state index contributed by atoms with van der Waals surface area (Å²) in [5.41, 5.74) is 8.56. The minimum absolute atomic E-state index is 0.710. The second-order valence-electron chi connectivity index (χ2n) is 11.2. The van der Waals surface area contributed by atoms with Gasteiger partial charge in [0.05, 0.1) is 23.3 Å². The van der Waals surface area contributed by atoms with Crippen molar-refractivity contribution in [3.63, 3.8) is 0 Å². The summed E-state index contributed by atoms with van der Waals surface area (Å²) in [7, 11) is 0. The van der Waals surface area contributed by atoms with Crippen molar-refractivity contribution < 1.29 is 0 Å². The molecule has 5 aromatic rings. The zero-order chi connectivity index (χ0) is 31.4. The molecule has 0 fully saturated rings. The molecule has 0 unspecified atom stereocenters. The Labute approximate surface area is 288 Å². The van der Waals surface area contributed by atoms with Crippen LogP contribution in [0.25, 0.3) is 42.8 Å². The second-order valence-corrected chi connectivity index (χ2v) is 15.6. The van der Waals surface area contributed by atoms with E-state index in [1.165, 1.54) is 82.0 Å². The van der Waals surface area contributed by atoms with E-state index in [2.05, 4.69) is 71.8 Å². The van der Waals surface area contributed by atoms with Gasteiger partial charge in [-0.25, -0.2) is 0 Å². The number of nitriles is 2. The molecule has 230 valence electrons. The molecule has 0 radical (unpaired) electrons. The molecular weight excluding hydrogens is 645 g/mol. The highest BCUT2D eigenvalue weighted by Crippen LogP contribution is 2.48. The van der Waals surface area contributed by atoms with E-state index in [9.17, 15) is 10.5 Å². The lowest BCUT2D eigenvalue weighted by atomic mass is 9.95. The SMILES string of the molecule is CCCCCCc1c(-c2cc(/C(C#N)=C\c3ccsc3)cs2)sc(-c2cc(/C(C#N)=C\c3ccsc3)cs2)c1CCCCCC. The van der Waals surface area contributed by atoms with Crippen LogP contribution in [0, 0.1) is 22.7 Å². The van der Waals surface area contributed by atoms with Crippen molar-refractivity contribution in [3.8, 4) is 31.6 Å². The van der Waals surface area contributed by atoms with Gasteiger partial charge < -0.3 is 0 Å². The van der Waals surface area contributed by atoms with E-state index in [-0.39, 0.29) is 0 Å². The van der Waals surface area contributed by atoms with Crippen LogP contribution in [0.5, 0.6) is 0 Å². The molecule has 0 atom stereocenters. The van der Waals surface area contributed by atoms with Crippen molar-refractivity contribution in [3.05, 3.63) is 89.9 Å². The van der Waals surface area contributed by atoms with Crippen molar-refractivity contribution >= 4 is 80.0 Å². The fourth-order valence-corrected chi connectivity index (χ4v) is 10.2. The highest BCUT2D eigenvalue weighted by Gasteiger charge is 2.23. The molecular formula is C38H38N2S5. The number of thiophene rings is 5. The van der Waals surface area contributed by atoms with Crippen molar-refractivity contribution in [1.82, 2.24) is 0 Å². The first kappa shape index (κ1) is 33.3. The average Bonchev–Trinajstić information content (AvgIpc) is 3.89. The maximum atomic E-state index is 10.0. The monoisotopic (exact) mass is 682 g/mol. The number of unbranched alkanes of at least 4 members (excludes halogenated alkanes) is 6. The molecule has 0 aliphatic carbocycles. The van der Waals surface area contributed by atoms with Gasteiger partial charge >= 0.3 is 0 Å². The topological polar surface area (TPSA) is 47.6 Å². The fourth-order valence-electron chi connectivity index (χ4n) is 5.48. The molecule has 0 aliphatic heterocycles. The smallest absolute Gasteiger partial charge is 0.0998 e. The number of hydrogen-bond donors (Lipinski definition) is 0.